The van der Waals surface area contributed by atoms with Crippen molar-refractivity contribution in [2.75, 3.05) is 13.8 Å². The van der Waals surface area contributed by atoms with E-state index >= 15 is 0 Å². The van der Waals surface area contributed by atoms with Crippen molar-refractivity contribution in [2.45, 2.75) is 0 Å². The zero-order valence-corrected chi connectivity index (χ0v) is 5.24. The summed E-state index contributed by atoms with van der Waals surface area (Å²) < 4.78 is 0. The molecule has 0 saturated heterocycles. The molecule has 0 bridgehead atoms. The van der Waals surface area contributed by atoms with Gasteiger partial charge in [-0.05, 0) is 0 Å². The minimum absolute atomic E-state index is 0.771. The van der Waals surface area contributed by atoms with Gasteiger partial charge in [0.1, 0.15) is 13.4 Å². The van der Waals surface area contributed by atoms with Crippen molar-refractivity contribution in [3.05, 3.63) is 12.4 Å². The van der Waals surface area contributed by atoms with Crippen LogP contribution in [0.3, 0.4) is 0 Å². The van der Waals surface area contributed by atoms with Gasteiger partial charge in [0.15, 0.2) is 0 Å². The molecule has 0 aromatic heterocycles. The number of nitrogens with one attached hydrogen (secondary N) is 1. The molecule has 0 saturated carbocycles. The Bertz CT molecular complexity index is 132. The summed E-state index contributed by atoms with van der Waals surface area (Å²) in [5.74, 6) is 0. The molecule has 4 heteroatoms. The largest absolute Gasteiger partial charge is 0.398 e. The van der Waals surface area contributed by atoms with Crippen LogP contribution in [0.25, 0.3) is 0 Å². The summed E-state index contributed by atoms with van der Waals surface area (Å²) in [5.41, 5.74) is 0. The average Bonchev–Trinajstić information content (AvgIpc) is 2.34. The highest BCUT2D eigenvalue weighted by Gasteiger charge is 1.96. The number of rotatable bonds is 2. The molecular weight excluding hydrogens is 118 g/mol. The third-order valence-electron chi connectivity index (χ3n) is 0.959. The summed E-state index contributed by atoms with van der Waals surface area (Å²) in [6, 6.07) is 0. The highest BCUT2D eigenvalue weighted by Crippen LogP contribution is 1.88. The Morgan fingerprint density at radius 3 is 3.33 bits per heavy atom. The summed E-state index contributed by atoms with van der Waals surface area (Å²) in [4.78, 5) is 6.33. The van der Waals surface area contributed by atoms with Crippen molar-refractivity contribution in [1.82, 2.24) is 10.2 Å². The number of hydrogen-bond acceptors (Lipinski definition) is 3. The zero-order valence-electron chi connectivity index (χ0n) is 5.24. The number of oxime groups is 1. The van der Waals surface area contributed by atoms with E-state index in [0.29, 0.717) is 0 Å². The SMILES string of the molecule is CON=CN1C=CNC1. The molecular formula is C5H9N3O. The van der Waals surface area contributed by atoms with E-state index in [1.54, 1.807) is 6.34 Å². The highest BCUT2D eigenvalue weighted by atomic mass is 16.6. The molecule has 1 heterocycles. The van der Waals surface area contributed by atoms with Crippen LogP contribution >= 0.6 is 0 Å². The predicted molar refractivity (Wildman–Crippen MR) is 34.5 cm³/mol. The summed E-state index contributed by atoms with van der Waals surface area (Å²) in [6.07, 6.45) is 5.33. The van der Waals surface area contributed by atoms with Gasteiger partial charge < -0.3 is 15.1 Å². The smallest absolute Gasteiger partial charge is 0.136 e. The molecule has 1 rings (SSSR count). The maximum atomic E-state index is 4.47. The van der Waals surface area contributed by atoms with E-state index in [4.69, 9.17) is 0 Å². The molecule has 0 unspecified atom stereocenters. The molecule has 0 aliphatic carbocycles. The summed E-state index contributed by atoms with van der Waals surface area (Å²) >= 11 is 0. The van der Waals surface area contributed by atoms with E-state index in [-0.39, 0.29) is 0 Å². The Labute approximate surface area is 53.8 Å². The zero-order chi connectivity index (χ0) is 6.53. The van der Waals surface area contributed by atoms with Crippen molar-refractivity contribution < 1.29 is 4.84 Å². The second-order valence-corrected chi connectivity index (χ2v) is 1.60. The first-order chi connectivity index (χ1) is 4.43. The lowest BCUT2D eigenvalue weighted by atomic mass is 10.8. The lowest BCUT2D eigenvalue weighted by Crippen LogP contribution is -2.18. The highest BCUT2D eigenvalue weighted by molar-refractivity contribution is 5.56. The second-order valence-electron chi connectivity index (χ2n) is 1.60. The van der Waals surface area contributed by atoms with Gasteiger partial charge in [0.05, 0.1) is 6.67 Å². The first-order valence-electron chi connectivity index (χ1n) is 2.66. The van der Waals surface area contributed by atoms with Crippen molar-refractivity contribution in [3.63, 3.8) is 0 Å². The minimum atomic E-state index is 0.771. The topological polar surface area (TPSA) is 36.9 Å². The maximum Gasteiger partial charge on any atom is 0.136 e. The molecule has 0 fully saturated rings. The summed E-state index contributed by atoms with van der Waals surface area (Å²) in [6.45, 7) is 0.771. The number of nitrogens with zero attached hydrogens (tertiary/aromatic N) is 2. The normalized spacial score (nSPS) is 16.8. The fraction of sp³-hybridized carbons (Fsp3) is 0.400. The van der Waals surface area contributed by atoms with Crippen LogP contribution in [-0.4, -0.2) is 25.0 Å². The average molecular weight is 127 g/mol. The predicted octanol–water partition coefficient (Wildman–Crippen LogP) is -0.0900. The molecule has 1 N–H and O–H groups in total. The maximum absolute atomic E-state index is 4.47. The van der Waals surface area contributed by atoms with Crippen LogP contribution in [-0.2, 0) is 4.84 Å². The van der Waals surface area contributed by atoms with E-state index < -0.39 is 0 Å². The number of hydrogen-bond donors (Lipinski definition) is 1. The summed E-state index contributed by atoms with van der Waals surface area (Å²) in [7, 11) is 1.52. The Balaban J connectivity index is 2.27. The Kier molecular flexibility index (Phi) is 1.95. The summed E-state index contributed by atoms with van der Waals surface area (Å²) in [5, 5.41) is 6.54. The van der Waals surface area contributed by atoms with E-state index in [2.05, 4.69) is 15.3 Å². The van der Waals surface area contributed by atoms with E-state index in [0.717, 1.165) is 6.67 Å². The molecule has 0 aromatic rings. The van der Waals surface area contributed by atoms with Crippen molar-refractivity contribution in [3.8, 4) is 0 Å². The molecule has 1 aliphatic rings. The first kappa shape index (κ1) is 5.94. The lowest BCUT2D eigenvalue weighted by molar-refractivity contribution is 0.211. The first-order valence-corrected chi connectivity index (χ1v) is 2.66. The molecule has 0 spiro atoms. The van der Waals surface area contributed by atoms with Gasteiger partial charge in [0, 0.05) is 12.4 Å². The van der Waals surface area contributed by atoms with Gasteiger partial charge in [-0.25, -0.2) is 0 Å². The van der Waals surface area contributed by atoms with Gasteiger partial charge in [-0.1, -0.05) is 5.16 Å². The van der Waals surface area contributed by atoms with Gasteiger partial charge in [-0.3, -0.25) is 0 Å². The standard InChI is InChI=1S/C5H9N3O/c1-9-7-5-8-3-2-6-4-8/h2-3,5-6H,4H2,1H3. The van der Waals surface area contributed by atoms with Crippen LogP contribution in [0, 0.1) is 0 Å². The van der Waals surface area contributed by atoms with Crippen molar-refractivity contribution in [2.24, 2.45) is 5.16 Å². The Morgan fingerprint density at radius 1 is 1.89 bits per heavy atom. The molecule has 50 valence electrons. The third-order valence-corrected chi connectivity index (χ3v) is 0.959. The van der Waals surface area contributed by atoms with Crippen LogP contribution in [0.4, 0.5) is 0 Å². The molecule has 0 amide bonds. The fourth-order valence-electron chi connectivity index (χ4n) is 0.546. The van der Waals surface area contributed by atoms with Gasteiger partial charge in [0.2, 0.25) is 0 Å². The van der Waals surface area contributed by atoms with Crippen molar-refractivity contribution in [1.29, 1.82) is 0 Å². The van der Waals surface area contributed by atoms with Crippen LogP contribution in [0.15, 0.2) is 17.6 Å². The Morgan fingerprint density at radius 2 is 2.78 bits per heavy atom. The molecule has 1 aliphatic heterocycles. The van der Waals surface area contributed by atoms with Gasteiger partial charge in [-0.2, -0.15) is 0 Å². The van der Waals surface area contributed by atoms with Gasteiger partial charge in [-0.15, -0.1) is 0 Å². The Hall–Kier alpha value is -1.19. The monoisotopic (exact) mass is 127 g/mol. The second kappa shape index (κ2) is 2.96. The van der Waals surface area contributed by atoms with Gasteiger partial charge in [0.25, 0.3) is 0 Å². The fourth-order valence-corrected chi connectivity index (χ4v) is 0.546. The molecule has 0 atom stereocenters. The van der Waals surface area contributed by atoms with Crippen molar-refractivity contribution >= 4 is 6.34 Å². The molecule has 0 aromatic carbocycles. The van der Waals surface area contributed by atoms with E-state index in [1.165, 1.54) is 7.11 Å². The third kappa shape index (κ3) is 1.64. The lowest BCUT2D eigenvalue weighted by Gasteiger charge is -2.04. The van der Waals surface area contributed by atoms with Gasteiger partial charge >= 0.3 is 0 Å². The van der Waals surface area contributed by atoms with Crippen LogP contribution < -0.4 is 5.32 Å². The van der Waals surface area contributed by atoms with Crippen LogP contribution in [0.5, 0.6) is 0 Å². The quantitative estimate of drug-likeness (QED) is 0.320. The molecule has 9 heavy (non-hydrogen) atoms. The molecule has 0 radical (unpaired) electrons. The van der Waals surface area contributed by atoms with E-state index in [1.807, 2.05) is 17.3 Å². The van der Waals surface area contributed by atoms with E-state index in [9.17, 15) is 0 Å². The van der Waals surface area contributed by atoms with Crippen LogP contribution in [0.2, 0.25) is 0 Å². The minimum Gasteiger partial charge on any atom is -0.398 e. The molecule has 4 nitrogen and oxygen atoms in total. The van der Waals surface area contributed by atoms with Crippen LogP contribution in [0.1, 0.15) is 0 Å².